The van der Waals surface area contributed by atoms with Crippen LogP contribution in [-0.2, 0) is 5.41 Å². The van der Waals surface area contributed by atoms with Crippen LogP contribution >= 0.6 is 23.2 Å². The van der Waals surface area contributed by atoms with Crippen LogP contribution in [0.1, 0.15) is 38.6 Å². The molecule has 0 spiro atoms. The molecule has 0 saturated carbocycles. The summed E-state index contributed by atoms with van der Waals surface area (Å²) in [6.07, 6.45) is -2.84. The van der Waals surface area contributed by atoms with Crippen LogP contribution in [-0.4, -0.2) is 28.6 Å². The number of aromatic nitrogens is 4. The molecule has 3 aromatic rings. The SMILES string of the molecule is C[Si](C)Oc1ccc2c(nc(C(F)F)n2-c2nc(Cl)cc(Cl)n2)c1C(C)(C)C. The number of hydrogen-bond donors (Lipinski definition) is 0. The Balaban J connectivity index is 2.41. The highest BCUT2D eigenvalue weighted by molar-refractivity contribution is 6.49. The van der Waals surface area contributed by atoms with Crippen LogP contribution in [0, 0.1) is 0 Å². The van der Waals surface area contributed by atoms with Gasteiger partial charge in [-0.2, -0.15) is 0 Å². The van der Waals surface area contributed by atoms with Gasteiger partial charge in [0, 0.05) is 11.6 Å². The molecule has 28 heavy (non-hydrogen) atoms. The van der Waals surface area contributed by atoms with Gasteiger partial charge in [-0.25, -0.2) is 23.7 Å². The first kappa shape index (κ1) is 20.9. The Hall–Kier alpha value is -1.77. The fourth-order valence-electron chi connectivity index (χ4n) is 3.01. The molecule has 1 radical (unpaired) electrons. The van der Waals surface area contributed by atoms with Crippen molar-refractivity contribution in [2.24, 2.45) is 0 Å². The van der Waals surface area contributed by atoms with Gasteiger partial charge in [0.1, 0.15) is 16.1 Å². The molecule has 0 fully saturated rings. The predicted molar refractivity (Wildman–Crippen MR) is 108 cm³/mol. The van der Waals surface area contributed by atoms with Crippen LogP contribution in [0.4, 0.5) is 8.78 Å². The molecule has 10 heteroatoms. The van der Waals surface area contributed by atoms with Crippen molar-refractivity contribution in [3.8, 4) is 11.7 Å². The second-order valence-corrected chi connectivity index (χ2v) is 10.3. The van der Waals surface area contributed by atoms with Gasteiger partial charge < -0.3 is 4.43 Å². The number of imidazole rings is 1. The average Bonchev–Trinajstić information content (AvgIpc) is 2.91. The quantitative estimate of drug-likeness (QED) is 0.367. The second-order valence-electron chi connectivity index (χ2n) is 7.49. The summed E-state index contributed by atoms with van der Waals surface area (Å²) in [5, 5.41) is 0.106. The number of alkyl halides is 2. The largest absolute Gasteiger partial charge is 0.542 e. The lowest BCUT2D eigenvalue weighted by molar-refractivity contribution is 0.138. The maximum Gasteiger partial charge on any atom is 0.296 e. The molecule has 0 aliphatic carbocycles. The van der Waals surface area contributed by atoms with E-state index in [1.165, 1.54) is 10.6 Å². The zero-order valence-corrected chi connectivity index (χ0v) is 18.5. The van der Waals surface area contributed by atoms with E-state index in [0.29, 0.717) is 16.8 Å². The van der Waals surface area contributed by atoms with Gasteiger partial charge in [0.2, 0.25) is 5.95 Å². The number of hydrogen-bond acceptors (Lipinski definition) is 4. The molecule has 0 amide bonds. The van der Waals surface area contributed by atoms with Gasteiger partial charge in [0.25, 0.3) is 15.5 Å². The minimum Gasteiger partial charge on any atom is -0.542 e. The molecule has 0 unspecified atom stereocenters. The molecule has 0 N–H and O–H groups in total. The maximum absolute atomic E-state index is 13.9. The molecular weight excluding hydrogens is 425 g/mol. The Morgan fingerprint density at radius 1 is 1.07 bits per heavy atom. The first-order valence-corrected chi connectivity index (χ1v) is 11.7. The van der Waals surface area contributed by atoms with Crippen molar-refractivity contribution in [1.29, 1.82) is 0 Å². The highest BCUT2D eigenvalue weighted by Gasteiger charge is 2.29. The molecule has 149 valence electrons. The van der Waals surface area contributed by atoms with Crippen LogP contribution in [0.15, 0.2) is 18.2 Å². The summed E-state index contributed by atoms with van der Waals surface area (Å²) < 4.78 is 34.9. The topological polar surface area (TPSA) is 52.8 Å². The summed E-state index contributed by atoms with van der Waals surface area (Å²) in [7, 11) is -1.06. The molecule has 3 rings (SSSR count). The van der Waals surface area contributed by atoms with Crippen molar-refractivity contribution in [2.75, 3.05) is 0 Å². The van der Waals surface area contributed by atoms with Crippen molar-refractivity contribution in [1.82, 2.24) is 19.5 Å². The first-order valence-electron chi connectivity index (χ1n) is 8.51. The smallest absolute Gasteiger partial charge is 0.296 e. The molecule has 1 aromatic carbocycles. The van der Waals surface area contributed by atoms with Crippen molar-refractivity contribution in [2.45, 2.75) is 45.7 Å². The number of nitrogens with zero attached hydrogens (tertiary/aromatic N) is 4. The third kappa shape index (κ3) is 3.99. The van der Waals surface area contributed by atoms with E-state index < -0.39 is 26.7 Å². The highest BCUT2D eigenvalue weighted by Crippen LogP contribution is 2.39. The Morgan fingerprint density at radius 3 is 2.18 bits per heavy atom. The van der Waals surface area contributed by atoms with E-state index in [4.69, 9.17) is 27.6 Å². The fraction of sp³-hybridized carbons (Fsp3) is 0.389. The zero-order valence-electron chi connectivity index (χ0n) is 16.0. The van der Waals surface area contributed by atoms with E-state index in [0.717, 1.165) is 5.56 Å². The van der Waals surface area contributed by atoms with Crippen LogP contribution < -0.4 is 4.43 Å². The standard InChI is InChI=1S/C18H19Cl2F2N4OSi/c1-18(2,3)13-10(27-28(4)5)7-6-9-14(13)25-16(15(21)22)26(9)17-23-11(19)8-12(20)24-17/h6-8,15H,1-5H3. The molecule has 0 saturated heterocycles. The summed E-state index contributed by atoms with van der Waals surface area (Å²) in [4.78, 5) is 12.4. The normalized spacial score (nSPS) is 12.4. The van der Waals surface area contributed by atoms with Gasteiger partial charge in [0.05, 0.1) is 11.0 Å². The van der Waals surface area contributed by atoms with Gasteiger partial charge in [0.15, 0.2) is 5.82 Å². The Morgan fingerprint density at radius 2 is 1.68 bits per heavy atom. The zero-order chi connectivity index (χ0) is 20.8. The van der Waals surface area contributed by atoms with Crippen LogP contribution in [0.3, 0.4) is 0 Å². The van der Waals surface area contributed by atoms with Crippen LogP contribution in [0.2, 0.25) is 23.4 Å². The Labute approximate surface area is 173 Å². The molecule has 5 nitrogen and oxygen atoms in total. The third-order valence-corrected chi connectivity index (χ3v) is 4.94. The lowest BCUT2D eigenvalue weighted by atomic mass is 9.85. The van der Waals surface area contributed by atoms with E-state index in [-0.39, 0.29) is 16.3 Å². The number of fused-ring (bicyclic) bond motifs is 1. The van der Waals surface area contributed by atoms with Gasteiger partial charge >= 0.3 is 0 Å². The lowest BCUT2D eigenvalue weighted by Gasteiger charge is -2.24. The third-order valence-electron chi connectivity index (χ3n) is 3.93. The summed E-state index contributed by atoms with van der Waals surface area (Å²) in [5.41, 5.74) is 1.22. The highest BCUT2D eigenvalue weighted by atomic mass is 35.5. The summed E-state index contributed by atoms with van der Waals surface area (Å²) in [6.45, 7) is 9.97. The molecule has 0 aliphatic heterocycles. The van der Waals surface area contributed by atoms with E-state index >= 15 is 0 Å². The van der Waals surface area contributed by atoms with Crippen molar-refractivity contribution in [3.05, 3.63) is 39.9 Å². The van der Waals surface area contributed by atoms with E-state index in [1.54, 1.807) is 12.1 Å². The van der Waals surface area contributed by atoms with Crippen molar-refractivity contribution in [3.63, 3.8) is 0 Å². The minimum atomic E-state index is -2.84. The first-order chi connectivity index (χ1) is 13.0. The van der Waals surface area contributed by atoms with Gasteiger partial charge in [-0.05, 0) is 30.6 Å². The lowest BCUT2D eigenvalue weighted by Crippen LogP contribution is -2.18. The summed E-state index contributed by atoms with van der Waals surface area (Å²) in [5.74, 6) is 0.114. The predicted octanol–water partition coefficient (Wildman–Crippen LogP) is 5.99. The average molecular weight is 444 g/mol. The van der Waals surface area contributed by atoms with E-state index in [1.807, 2.05) is 33.9 Å². The monoisotopic (exact) mass is 443 g/mol. The molecule has 2 aromatic heterocycles. The summed E-state index contributed by atoms with van der Waals surface area (Å²) in [6, 6.07) is 4.80. The van der Waals surface area contributed by atoms with Crippen LogP contribution in [0.25, 0.3) is 17.0 Å². The maximum atomic E-state index is 13.9. The van der Waals surface area contributed by atoms with Crippen LogP contribution in [0.5, 0.6) is 5.75 Å². The number of rotatable bonds is 4. The van der Waals surface area contributed by atoms with E-state index in [9.17, 15) is 8.78 Å². The van der Waals surface area contributed by atoms with Gasteiger partial charge in [-0.15, -0.1) is 0 Å². The molecule has 0 aliphatic rings. The molecule has 2 heterocycles. The molecular formula is C18H19Cl2F2N4OSi. The second kappa shape index (κ2) is 7.57. The molecule has 0 atom stereocenters. The van der Waals surface area contributed by atoms with Gasteiger partial charge in [-0.3, -0.25) is 4.57 Å². The minimum absolute atomic E-state index is 0.0530. The summed E-state index contributed by atoms with van der Waals surface area (Å²) >= 11 is 11.9. The number of halogens is 4. The van der Waals surface area contributed by atoms with Crippen molar-refractivity contribution >= 4 is 43.3 Å². The molecule has 0 bridgehead atoms. The fourth-order valence-corrected chi connectivity index (χ4v) is 4.03. The Kier molecular flexibility index (Phi) is 5.66. The number of benzene rings is 1. The Bertz CT molecular complexity index is 1010. The van der Waals surface area contributed by atoms with Crippen molar-refractivity contribution < 1.29 is 13.2 Å². The van der Waals surface area contributed by atoms with E-state index in [2.05, 4.69) is 15.0 Å². The van der Waals surface area contributed by atoms with Gasteiger partial charge in [-0.1, -0.05) is 44.0 Å².